The quantitative estimate of drug-likeness (QED) is 0.293. The van der Waals surface area contributed by atoms with Crippen LogP contribution in [0.25, 0.3) is 28.6 Å². The summed E-state index contributed by atoms with van der Waals surface area (Å²) < 4.78 is 61.4. The molecule has 3 aromatic rings. The van der Waals surface area contributed by atoms with E-state index in [1.165, 1.54) is 9.70 Å². The van der Waals surface area contributed by atoms with Crippen molar-refractivity contribution in [3.8, 4) is 22.5 Å². The van der Waals surface area contributed by atoms with E-state index in [-0.39, 0.29) is 25.5 Å². The van der Waals surface area contributed by atoms with Crippen LogP contribution in [0.4, 0.5) is 13.6 Å². The number of halogens is 2. The lowest BCUT2D eigenvalue weighted by Crippen LogP contribution is -2.60. The summed E-state index contributed by atoms with van der Waals surface area (Å²) in [6, 6.07) is 13.9. The molecule has 7 rings (SSSR count). The van der Waals surface area contributed by atoms with E-state index in [4.69, 9.17) is 14.9 Å². The maximum absolute atomic E-state index is 14.7. The van der Waals surface area contributed by atoms with Crippen molar-refractivity contribution in [3.63, 3.8) is 0 Å². The second-order valence-corrected chi connectivity index (χ2v) is 19.0. The van der Waals surface area contributed by atoms with Gasteiger partial charge in [-0.05, 0) is 55.1 Å². The number of nitrogens with one attached hydrogen (secondary N) is 3. The third-order valence-corrected chi connectivity index (χ3v) is 13.1. The molecule has 0 spiro atoms. The molecule has 2 aliphatic heterocycles. The first kappa shape index (κ1) is 41.0. The predicted molar refractivity (Wildman–Crippen MR) is 210 cm³/mol. The third kappa shape index (κ3) is 8.64. The molecule has 4 aliphatic rings. The van der Waals surface area contributed by atoms with Crippen LogP contribution in [0.1, 0.15) is 77.8 Å². The topological polar surface area (TPSA) is 182 Å². The van der Waals surface area contributed by atoms with Crippen LogP contribution in [-0.2, 0) is 29.1 Å². The molecule has 1 saturated heterocycles. The Morgan fingerprint density at radius 2 is 1.69 bits per heavy atom. The maximum atomic E-state index is 14.7. The number of amides is 4. The SMILES string of the molecule is C[C@@H]1CC/C=C/c2cccc(c2)-c2nn(nc2-c2ccccc2)C2C[C@@H](C(=O)N[C@@]3(C(=O)NS(=O)(=O)C4CC4)C[C@H]3C(F)F)N(C2)C(=O)[C@H](C(C)(C)C)NC(=O)OC1. The van der Waals surface area contributed by atoms with E-state index in [1.54, 1.807) is 20.8 Å². The van der Waals surface area contributed by atoms with Crippen LogP contribution in [0.5, 0.6) is 0 Å². The van der Waals surface area contributed by atoms with E-state index >= 15 is 0 Å². The van der Waals surface area contributed by atoms with Crippen LogP contribution in [0, 0.1) is 17.3 Å². The van der Waals surface area contributed by atoms with Gasteiger partial charge in [0.15, 0.2) is 0 Å². The molecule has 4 amide bonds. The van der Waals surface area contributed by atoms with Gasteiger partial charge >= 0.3 is 6.09 Å². The number of hydrogen-bond acceptors (Lipinski definition) is 9. The first-order valence-corrected chi connectivity index (χ1v) is 21.2. The fourth-order valence-corrected chi connectivity index (χ4v) is 9.01. The van der Waals surface area contributed by atoms with Gasteiger partial charge in [0.25, 0.3) is 5.91 Å². The summed E-state index contributed by atoms with van der Waals surface area (Å²) in [7, 11) is -4.14. The highest BCUT2D eigenvalue weighted by atomic mass is 32.2. The number of hydrogen-bond donors (Lipinski definition) is 3. The Morgan fingerprint density at radius 3 is 2.34 bits per heavy atom. The highest BCUT2D eigenvalue weighted by Crippen LogP contribution is 2.49. The van der Waals surface area contributed by atoms with Gasteiger partial charge in [-0.15, -0.1) is 0 Å². The Kier molecular flexibility index (Phi) is 11.2. The standard InChI is InChI=1S/C41H49F2N7O7S/c1-24-11-8-9-12-25-13-10-16-27(19-25)33-32(26-14-6-5-7-15-26)46-50(47-33)28-20-31(49(22-28)37(52)34(40(2,3)4)44-39(54)57-23-24)36(51)45-41(21-30(41)35(42)43)38(53)48-58(55,56)29-17-18-29/h5-7,9-10,12-16,19,24,28-31,34-35H,8,11,17-18,20-23H2,1-4H3,(H,44,54)(H,45,51)(H,48,53)/b12-9+/t24-,28?,30+,31+,34-,41+/m1/s1. The van der Waals surface area contributed by atoms with Crippen LogP contribution >= 0.6 is 0 Å². The van der Waals surface area contributed by atoms with Gasteiger partial charge in [-0.1, -0.05) is 88.4 Å². The van der Waals surface area contributed by atoms with Gasteiger partial charge < -0.3 is 20.3 Å². The number of ether oxygens (including phenoxy) is 1. The van der Waals surface area contributed by atoms with Gasteiger partial charge in [0.05, 0.1) is 23.8 Å². The number of aromatic nitrogens is 3. The first-order valence-electron chi connectivity index (χ1n) is 19.7. The maximum Gasteiger partial charge on any atom is 0.407 e. The number of benzene rings is 2. The molecule has 1 unspecified atom stereocenters. The lowest BCUT2D eigenvalue weighted by molar-refractivity contribution is -0.143. The Balaban J connectivity index is 1.29. The van der Waals surface area contributed by atoms with E-state index in [0.29, 0.717) is 24.2 Å². The molecule has 6 bridgehead atoms. The summed E-state index contributed by atoms with van der Waals surface area (Å²) in [5, 5.41) is 14.2. The van der Waals surface area contributed by atoms with Crippen LogP contribution in [0.3, 0.4) is 0 Å². The van der Waals surface area contributed by atoms with Gasteiger partial charge in [-0.25, -0.2) is 22.0 Å². The Hall–Kier alpha value is -5.19. The van der Waals surface area contributed by atoms with Gasteiger partial charge in [-0.2, -0.15) is 15.0 Å². The number of alkyl halides is 2. The third-order valence-electron chi connectivity index (χ3n) is 11.3. The van der Waals surface area contributed by atoms with Crippen molar-refractivity contribution < 1.29 is 41.1 Å². The molecule has 2 saturated carbocycles. The molecular weight excluding hydrogens is 773 g/mol. The number of alkyl carbamates (subject to hydrolysis) is 1. The van der Waals surface area contributed by atoms with Crippen LogP contribution in [0.15, 0.2) is 60.7 Å². The summed E-state index contributed by atoms with van der Waals surface area (Å²) in [4.78, 5) is 58.6. The fourth-order valence-electron chi connectivity index (χ4n) is 7.65. The number of sulfonamides is 1. The minimum absolute atomic E-state index is 0.00437. The lowest BCUT2D eigenvalue weighted by atomic mass is 9.85. The summed E-state index contributed by atoms with van der Waals surface area (Å²) in [6.07, 6.45) is 1.70. The zero-order valence-electron chi connectivity index (χ0n) is 32.9. The summed E-state index contributed by atoms with van der Waals surface area (Å²) >= 11 is 0. The van der Waals surface area contributed by atoms with Crippen molar-refractivity contribution in [2.24, 2.45) is 17.3 Å². The second kappa shape index (κ2) is 15.9. The molecule has 0 radical (unpaired) electrons. The molecule has 1 aromatic heterocycles. The van der Waals surface area contributed by atoms with Gasteiger partial charge in [0.1, 0.15) is 29.0 Å². The fraction of sp³-hybridized carbons (Fsp3) is 0.512. The minimum atomic E-state index is -4.14. The van der Waals surface area contributed by atoms with E-state index < -0.39 is 86.9 Å². The van der Waals surface area contributed by atoms with Crippen LogP contribution in [0.2, 0.25) is 0 Å². The Labute approximate surface area is 336 Å². The molecule has 2 aromatic carbocycles. The highest BCUT2D eigenvalue weighted by molar-refractivity contribution is 7.91. The minimum Gasteiger partial charge on any atom is -0.449 e. The van der Waals surface area contributed by atoms with E-state index in [1.807, 2.05) is 72.3 Å². The number of rotatable bonds is 7. The average Bonchev–Trinajstić information content (AvgIpc) is 4.07. The normalized spacial score (nSPS) is 27.3. The zero-order valence-corrected chi connectivity index (χ0v) is 33.7. The smallest absolute Gasteiger partial charge is 0.407 e. The van der Waals surface area contributed by atoms with Crippen LogP contribution in [-0.4, -0.2) is 94.6 Å². The monoisotopic (exact) mass is 821 g/mol. The molecule has 3 heterocycles. The largest absolute Gasteiger partial charge is 0.449 e. The van der Waals surface area contributed by atoms with Crippen molar-refractivity contribution in [1.82, 2.24) is 35.2 Å². The predicted octanol–water partition coefficient (Wildman–Crippen LogP) is 5.09. The first-order chi connectivity index (χ1) is 27.5. The van der Waals surface area contributed by atoms with Crippen molar-refractivity contribution >= 4 is 39.9 Å². The Morgan fingerprint density at radius 1 is 1.00 bits per heavy atom. The second-order valence-electron chi connectivity index (χ2n) is 17.0. The molecule has 14 nitrogen and oxygen atoms in total. The number of fused-ring (bicyclic) bond motifs is 8. The molecule has 17 heteroatoms. The van der Waals surface area contributed by atoms with Gasteiger partial charge in [0, 0.05) is 24.1 Å². The Bertz CT molecular complexity index is 2210. The number of cyclic esters (lactones) is 1. The number of carbonyl (C=O) groups is 4. The number of carbonyl (C=O) groups excluding carboxylic acids is 4. The van der Waals surface area contributed by atoms with Crippen LogP contribution < -0.4 is 15.4 Å². The summed E-state index contributed by atoms with van der Waals surface area (Å²) in [5.74, 6) is -4.49. The molecular formula is C41H49F2N7O7S. The zero-order chi connectivity index (χ0) is 41.6. The van der Waals surface area contributed by atoms with E-state index in [0.717, 1.165) is 29.5 Å². The molecule has 310 valence electrons. The number of nitrogens with zero attached hydrogens (tertiary/aromatic N) is 4. The summed E-state index contributed by atoms with van der Waals surface area (Å²) in [5.41, 5.74) is 0.459. The molecule has 2 aliphatic carbocycles. The average molecular weight is 822 g/mol. The van der Waals surface area contributed by atoms with Crippen molar-refractivity contribution in [3.05, 3.63) is 66.2 Å². The lowest BCUT2D eigenvalue weighted by Gasteiger charge is -2.35. The van der Waals surface area contributed by atoms with Gasteiger partial charge in [0.2, 0.25) is 28.3 Å². The van der Waals surface area contributed by atoms with Gasteiger partial charge in [-0.3, -0.25) is 19.1 Å². The number of allylic oxidation sites excluding steroid dienone is 1. The van der Waals surface area contributed by atoms with E-state index in [2.05, 4.69) is 16.7 Å². The van der Waals surface area contributed by atoms with Crippen molar-refractivity contribution in [2.45, 2.75) is 102 Å². The van der Waals surface area contributed by atoms with E-state index in [9.17, 15) is 36.4 Å². The molecule has 3 N–H and O–H groups in total. The van der Waals surface area contributed by atoms with Crippen molar-refractivity contribution in [2.75, 3.05) is 13.2 Å². The summed E-state index contributed by atoms with van der Waals surface area (Å²) in [6.45, 7) is 7.14. The molecule has 58 heavy (non-hydrogen) atoms. The molecule has 6 atom stereocenters. The van der Waals surface area contributed by atoms with Crippen molar-refractivity contribution in [1.29, 1.82) is 0 Å². The highest BCUT2D eigenvalue weighted by Gasteiger charge is 2.67. The molecule has 3 fully saturated rings.